The Morgan fingerprint density at radius 1 is 1.00 bits per heavy atom. The van der Waals surface area contributed by atoms with E-state index in [9.17, 15) is 14.9 Å². The summed E-state index contributed by atoms with van der Waals surface area (Å²) in [4.78, 5) is 32.4. The van der Waals surface area contributed by atoms with Crippen LogP contribution in [0.15, 0.2) is 72.8 Å². The van der Waals surface area contributed by atoms with Gasteiger partial charge in [-0.05, 0) is 36.4 Å². The number of carbonyl (C=O) groups excluding carboxylic acids is 1. The first-order valence-electron chi connectivity index (χ1n) is 11.7. The number of carbonyl (C=O) groups is 1. The number of ether oxygens (including phenoxy) is 1. The van der Waals surface area contributed by atoms with Gasteiger partial charge in [-0.15, -0.1) is 0 Å². The van der Waals surface area contributed by atoms with Crippen molar-refractivity contribution in [1.29, 1.82) is 0 Å². The van der Waals surface area contributed by atoms with Crippen LogP contribution in [0.4, 0.5) is 10.8 Å². The van der Waals surface area contributed by atoms with E-state index < -0.39 is 0 Å². The average Bonchev–Trinajstić information content (AvgIpc) is 3.33. The molecule has 1 aliphatic heterocycles. The minimum Gasteiger partial charge on any atom is -0.457 e. The van der Waals surface area contributed by atoms with Crippen molar-refractivity contribution in [2.24, 2.45) is 0 Å². The molecule has 1 N–H and O–H groups in total. The quantitative estimate of drug-likeness (QED) is 0.278. The fourth-order valence-corrected chi connectivity index (χ4v) is 5.12. The van der Waals surface area contributed by atoms with E-state index in [1.54, 1.807) is 24.3 Å². The molecule has 0 spiro atoms. The van der Waals surface area contributed by atoms with Crippen LogP contribution in [0.3, 0.4) is 0 Å². The van der Waals surface area contributed by atoms with E-state index in [0.717, 1.165) is 53.8 Å². The summed E-state index contributed by atoms with van der Waals surface area (Å²) in [5.74, 6) is 1.21. The number of rotatable bonds is 8. The Kier molecular flexibility index (Phi) is 7.06. The summed E-state index contributed by atoms with van der Waals surface area (Å²) < 4.78 is 6.65. The predicted molar refractivity (Wildman–Crippen MR) is 140 cm³/mol. The number of thiazole rings is 1. The number of anilines is 1. The maximum Gasteiger partial charge on any atom is 0.270 e. The molecule has 0 unspecified atom stereocenters. The lowest BCUT2D eigenvalue weighted by molar-refractivity contribution is -0.384. The number of hydrogen-bond donors (Lipinski definition) is 1. The van der Waals surface area contributed by atoms with Crippen LogP contribution in [-0.4, -0.2) is 60.0 Å². The maximum atomic E-state index is 12.6. The molecule has 5 rings (SSSR count). The Balaban J connectivity index is 1.09. The summed E-state index contributed by atoms with van der Waals surface area (Å²) in [6.45, 7) is 4.64. The van der Waals surface area contributed by atoms with Crippen LogP contribution in [0.2, 0.25) is 0 Å². The molecule has 3 aromatic carbocycles. The molecule has 9 nitrogen and oxygen atoms in total. The van der Waals surface area contributed by atoms with Crippen molar-refractivity contribution in [1.82, 2.24) is 15.2 Å². The van der Waals surface area contributed by atoms with Gasteiger partial charge in [-0.1, -0.05) is 35.6 Å². The Morgan fingerprint density at radius 2 is 1.78 bits per heavy atom. The topological polar surface area (TPSA) is 101 Å². The van der Waals surface area contributed by atoms with E-state index in [1.165, 1.54) is 17.4 Å². The number of non-ortho nitro benzene ring substituents is 1. The minimum absolute atomic E-state index is 0.0833. The van der Waals surface area contributed by atoms with Gasteiger partial charge in [0.15, 0.2) is 5.13 Å². The molecule has 10 heteroatoms. The standard InChI is InChI=1S/C26H25N5O4S/c32-25(19-5-4-8-22(17-19)35-21-6-2-1-3-7-21)27-11-12-29-13-15-30(16-14-29)26-28-23-10-9-20(31(33)34)18-24(23)36-26/h1-10,17-18H,11-16H2,(H,27,32). The molecule has 184 valence electrons. The number of nitro benzene ring substituents is 1. The van der Waals surface area contributed by atoms with Gasteiger partial charge in [0.1, 0.15) is 11.5 Å². The van der Waals surface area contributed by atoms with E-state index >= 15 is 0 Å². The van der Waals surface area contributed by atoms with Crippen molar-refractivity contribution in [3.63, 3.8) is 0 Å². The van der Waals surface area contributed by atoms with E-state index in [-0.39, 0.29) is 16.5 Å². The van der Waals surface area contributed by atoms with Gasteiger partial charge in [-0.3, -0.25) is 19.8 Å². The normalized spacial score (nSPS) is 14.1. The number of benzene rings is 3. The van der Waals surface area contributed by atoms with E-state index in [2.05, 4.69) is 20.1 Å². The zero-order valence-electron chi connectivity index (χ0n) is 19.5. The van der Waals surface area contributed by atoms with E-state index in [4.69, 9.17) is 4.74 Å². The van der Waals surface area contributed by atoms with Crippen LogP contribution in [0.1, 0.15) is 10.4 Å². The zero-order valence-corrected chi connectivity index (χ0v) is 20.3. The molecule has 36 heavy (non-hydrogen) atoms. The highest BCUT2D eigenvalue weighted by atomic mass is 32.1. The van der Waals surface area contributed by atoms with E-state index in [1.807, 2.05) is 42.5 Å². The molecule has 1 aromatic heterocycles. The van der Waals surface area contributed by atoms with Gasteiger partial charge in [0.2, 0.25) is 0 Å². The first-order chi connectivity index (χ1) is 17.5. The minimum atomic E-state index is -0.383. The lowest BCUT2D eigenvalue weighted by Crippen LogP contribution is -2.48. The molecule has 4 aromatic rings. The number of fused-ring (bicyclic) bond motifs is 1. The fourth-order valence-electron chi connectivity index (χ4n) is 4.07. The Morgan fingerprint density at radius 3 is 2.56 bits per heavy atom. The maximum absolute atomic E-state index is 12.6. The second kappa shape index (κ2) is 10.7. The molecule has 1 amide bonds. The number of nitrogens with zero attached hydrogens (tertiary/aromatic N) is 4. The van der Waals surface area contributed by atoms with Crippen molar-refractivity contribution in [3.05, 3.63) is 88.5 Å². The van der Waals surface area contributed by atoms with Gasteiger partial charge in [0, 0.05) is 57.0 Å². The monoisotopic (exact) mass is 503 g/mol. The van der Waals surface area contributed by atoms with Crippen LogP contribution in [0, 0.1) is 10.1 Å². The highest BCUT2D eigenvalue weighted by molar-refractivity contribution is 7.22. The Labute approximate surface area is 212 Å². The van der Waals surface area contributed by atoms with Crippen molar-refractivity contribution in [3.8, 4) is 11.5 Å². The second-order valence-electron chi connectivity index (χ2n) is 8.43. The smallest absolute Gasteiger partial charge is 0.270 e. The highest BCUT2D eigenvalue weighted by Gasteiger charge is 2.20. The third kappa shape index (κ3) is 5.61. The van der Waals surface area contributed by atoms with Gasteiger partial charge in [-0.25, -0.2) is 4.98 Å². The van der Waals surface area contributed by atoms with Crippen LogP contribution >= 0.6 is 11.3 Å². The van der Waals surface area contributed by atoms with E-state index in [0.29, 0.717) is 17.9 Å². The molecule has 0 radical (unpaired) electrons. The molecular weight excluding hydrogens is 478 g/mol. The summed E-state index contributed by atoms with van der Waals surface area (Å²) in [6.07, 6.45) is 0. The summed E-state index contributed by atoms with van der Waals surface area (Å²) in [5.41, 5.74) is 1.42. The lowest BCUT2D eigenvalue weighted by atomic mass is 10.2. The largest absolute Gasteiger partial charge is 0.457 e. The SMILES string of the molecule is O=C(NCCN1CCN(c2nc3ccc([N+](=O)[O-])cc3s2)CC1)c1cccc(Oc2ccccc2)c1. The molecule has 1 aliphatic rings. The first kappa shape index (κ1) is 23.7. The van der Waals surface area contributed by atoms with Gasteiger partial charge < -0.3 is 15.0 Å². The number of nitrogens with one attached hydrogen (secondary N) is 1. The molecular formula is C26H25N5O4S. The number of amides is 1. The lowest BCUT2D eigenvalue weighted by Gasteiger charge is -2.34. The molecule has 0 atom stereocenters. The van der Waals surface area contributed by atoms with Crippen LogP contribution in [-0.2, 0) is 0 Å². The number of nitro groups is 1. The fraction of sp³-hybridized carbons (Fsp3) is 0.231. The summed E-state index contributed by atoms with van der Waals surface area (Å²) >= 11 is 1.48. The summed E-state index contributed by atoms with van der Waals surface area (Å²) in [5, 5.41) is 14.9. The Hall–Kier alpha value is -4.02. The molecule has 0 bridgehead atoms. The summed E-state index contributed by atoms with van der Waals surface area (Å²) in [6, 6.07) is 21.4. The van der Waals surface area contributed by atoms with Gasteiger partial charge in [0.05, 0.1) is 15.1 Å². The number of aromatic nitrogens is 1. The van der Waals surface area contributed by atoms with Crippen LogP contribution < -0.4 is 15.0 Å². The third-order valence-electron chi connectivity index (χ3n) is 6.00. The van der Waals surface area contributed by atoms with Crippen molar-refractivity contribution < 1.29 is 14.5 Å². The second-order valence-corrected chi connectivity index (χ2v) is 9.44. The van der Waals surface area contributed by atoms with Crippen LogP contribution in [0.25, 0.3) is 10.2 Å². The molecule has 1 fully saturated rings. The van der Waals surface area contributed by atoms with Crippen molar-refractivity contribution in [2.75, 3.05) is 44.2 Å². The van der Waals surface area contributed by atoms with Crippen molar-refractivity contribution >= 4 is 38.3 Å². The predicted octanol–water partition coefficient (Wildman–Crippen LogP) is 4.55. The molecule has 0 aliphatic carbocycles. The molecule has 1 saturated heterocycles. The average molecular weight is 504 g/mol. The van der Waals surface area contributed by atoms with Crippen LogP contribution in [0.5, 0.6) is 11.5 Å². The van der Waals surface area contributed by atoms with Gasteiger partial charge in [0.25, 0.3) is 11.6 Å². The first-order valence-corrected chi connectivity index (χ1v) is 12.5. The third-order valence-corrected chi connectivity index (χ3v) is 7.08. The summed E-state index contributed by atoms with van der Waals surface area (Å²) in [7, 11) is 0. The zero-order chi connectivity index (χ0) is 24.9. The number of hydrogen-bond acceptors (Lipinski definition) is 8. The van der Waals surface area contributed by atoms with Crippen molar-refractivity contribution in [2.45, 2.75) is 0 Å². The molecule has 0 saturated carbocycles. The highest BCUT2D eigenvalue weighted by Crippen LogP contribution is 2.31. The number of para-hydroxylation sites is 1. The number of piperazine rings is 1. The Bertz CT molecular complexity index is 1370. The van der Waals surface area contributed by atoms with Gasteiger partial charge in [-0.2, -0.15) is 0 Å². The molecule has 2 heterocycles. The van der Waals surface area contributed by atoms with Gasteiger partial charge >= 0.3 is 0 Å².